The third-order valence-corrected chi connectivity index (χ3v) is 4.30. The standard InChI is InChI=1S/C17H33N3O2/c1-2-3-4-5-6-11-16(21)20-14-8-7-10-15(20)17(22)19-13-9-12-18/h15H,2-14,18H2,1H3,(H,19,22)/t15-/m1/s1. The van der Waals surface area contributed by atoms with Crippen molar-refractivity contribution in [1.29, 1.82) is 0 Å². The molecule has 0 unspecified atom stereocenters. The molecule has 1 saturated heterocycles. The molecule has 2 amide bonds. The first-order valence-corrected chi connectivity index (χ1v) is 8.98. The molecule has 0 aromatic rings. The van der Waals surface area contributed by atoms with Crippen molar-refractivity contribution in [2.24, 2.45) is 5.73 Å². The van der Waals surface area contributed by atoms with E-state index in [9.17, 15) is 9.59 Å². The molecule has 0 aromatic heterocycles. The fraction of sp³-hybridized carbons (Fsp3) is 0.882. The van der Waals surface area contributed by atoms with Crippen LogP contribution in [-0.2, 0) is 9.59 Å². The maximum Gasteiger partial charge on any atom is 0.242 e. The van der Waals surface area contributed by atoms with Crippen molar-refractivity contribution >= 4 is 11.8 Å². The molecule has 0 aliphatic carbocycles. The van der Waals surface area contributed by atoms with Crippen molar-refractivity contribution in [3.8, 4) is 0 Å². The van der Waals surface area contributed by atoms with E-state index in [0.717, 1.165) is 45.1 Å². The zero-order chi connectivity index (χ0) is 16.2. The van der Waals surface area contributed by atoms with Gasteiger partial charge in [-0.05, 0) is 38.6 Å². The number of carbonyl (C=O) groups is 2. The molecule has 22 heavy (non-hydrogen) atoms. The number of nitrogens with one attached hydrogen (secondary N) is 1. The molecule has 1 aliphatic rings. The van der Waals surface area contributed by atoms with Crippen LogP contribution in [0.3, 0.4) is 0 Å². The molecule has 5 nitrogen and oxygen atoms in total. The summed E-state index contributed by atoms with van der Waals surface area (Å²) in [6.45, 7) is 4.09. The number of nitrogens with two attached hydrogens (primary N) is 1. The van der Waals surface area contributed by atoms with E-state index in [-0.39, 0.29) is 17.9 Å². The molecule has 0 radical (unpaired) electrons. The lowest BCUT2D eigenvalue weighted by atomic mass is 10.00. The monoisotopic (exact) mass is 311 g/mol. The van der Waals surface area contributed by atoms with Crippen LogP contribution in [0.25, 0.3) is 0 Å². The first-order valence-electron chi connectivity index (χ1n) is 8.98. The Morgan fingerprint density at radius 2 is 1.91 bits per heavy atom. The summed E-state index contributed by atoms with van der Waals surface area (Å²) < 4.78 is 0. The van der Waals surface area contributed by atoms with Gasteiger partial charge in [0.2, 0.25) is 11.8 Å². The summed E-state index contributed by atoms with van der Waals surface area (Å²) in [5, 5.41) is 2.91. The Morgan fingerprint density at radius 3 is 2.64 bits per heavy atom. The Morgan fingerprint density at radius 1 is 1.14 bits per heavy atom. The summed E-state index contributed by atoms with van der Waals surface area (Å²) in [5.74, 6) is 0.141. The van der Waals surface area contributed by atoms with Crippen molar-refractivity contribution in [3.05, 3.63) is 0 Å². The molecule has 1 fully saturated rings. The second-order valence-corrected chi connectivity index (χ2v) is 6.20. The van der Waals surface area contributed by atoms with Crippen LogP contribution in [0.15, 0.2) is 0 Å². The topological polar surface area (TPSA) is 75.4 Å². The Kier molecular flexibility index (Phi) is 9.87. The highest BCUT2D eigenvalue weighted by Gasteiger charge is 2.31. The number of nitrogens with zero attached hydrogens (tertiary/aromatic N) is 1. The fourth-order valence-electron chi connectivity index (χ4n) is 2.96. The minimum absolute atomic E-state index is 0.00696. The van der Waals surface area contributed by atoms with Gasteiger partial charge in [0.15, 0.2) is 0 Å². The molecule has 0 aromatic carbocycles. The highest BCUT2D eigenvalue weighted by molar-refractivity contribution is 5.87. The second-order valence-electron chi connectivity index (χ2n) is 6.20. The van der Waals surface area contributed by atoms with Crippen molar-refractivity contribution in [2.45, 2.75) is 77.2 Å². The third kappa shape index (κ3) is 6.77. The number of hydrogen-bond donors (Lipinski definition) is 2. The van der Waals surface area contributed by atoms with Gasteiger partial charge in [-0.1, -0.05) is 32.6 Å². The molecule has 1 heterocycles. The van der Waals surface area contributed by atoms with Crippen molar-refractivity contribution in [3.63, 3.8) is 0 Å². The van der Waals surface area contributed by atoms with Crippen LogP contribution >= 0.6 is 0 Å². The van der Waals surface area contributed by atoms with Crippen molar-refractivity contribution in [2.75, 3.05) is 19.6 Å². The smallest absolute Gasteiger partial charge is 0.242 e. The van der Waals surface area contributed by atoms with Gasteiger partial charge in [0.05, 0.1) is 0 Å². The van der Waals surface area contributed by atoms with Gasteiger partial charge in [-0.15, -0.1) is 0 Å². The largest absolute Gasteiger partial charge is 0.354 e. The summed E-state index contributed by atoms with van der Waals surface area (Å²) in [6.07, 6.45) is 9.89. The number of piperidine rings is 1. The van der Waals surface area contributed by atoms with Gasteiger partial charge in [-0.2, -0.15) is 0 Å². The number of amides is 2. The van der Waals surface area contributed by atoms with E-state index in [0.29, 0.717) is 19.5 Å². The maximum atomic E-state index is 12.4. The summed E-state index contributed by atoms with van der Waals surface area (Å²) in [4.78, 5) is 26.5. The molecule has 0 spiro atoms. The molecule has 3 N–H and O–H groups in total. The molecule has 5 heteroatoms. The number of unbranched alkanes of at least 4 members (excludes halogenated alkanes) is 4. The third-order valence-electron chi connectivity index (χ3n) is 4.30. The normalized spacial score (nSPS) is 18.3. The Bertz CT molecular complexity index is 334. The van der Waals surface area contributed by atoms with Gasteiger partial charge in [-0.3, -0.25) is 9.59 Å². The van der Waals surface area contributed by atoms with Crippen molar-refractivity contribution < 1.29 is 9.59 Å². The second kappa shape index (κ2) is 11.5. The van der Waals surface area contributed by atoms with Crippen LogP contribution in [0.5, 0.6) is 0 Å². The molecule has 1 atom stereocenters. The van der Waals surface area contributed by atoms with Crippen LogP contribution in [-0.4, -0.2) is 42.4 Å². The first kappa shape index (κ1) is 18.9. The molecule has 1 rings (SSSR count). The van der Waals surface area contributed by atoms with Gasteiger partial charge < -0.3 is 16.0 Å². The summed E-state index contributed by atoms with van der Waals surface area (Å²) in [7, 11) is 0. The number of hydrogen-bond acceptors (Lipinski definition) is 3. The molecular formula is C17H33N3O2. The average Bonchev–Trinajstić information content (AvgIpc) is 2.54. The highest BCUT2D eigenvalue weighted by atomic mass is 16.2. The van der Waals surface area contributed by atoms with Crippen LogP contribution in [0, 0.1) is 0 Å². The summed E-state index contributed by atoms with van der Waals surface area (Å²) in [6, 6.07) is -0.269. The van der Waals surface area contributed by atoms with E-state index >= 15 is 0 Å². The zero-order valence-electron chi connectivity index (χ0n) is 14.1. The van der Waals surface area contributed by atoms with E-state index in [4.69, 9.17) is 5.73 Å². The number of rotatable bonds is 10. The minimum Gasteiger partial charge on any atom is -0.354 e. The molecule has 0 saturated carbocycles. The summed E-state index contributed by atoms with van der Waals surface area (Å²) in [5.41, 5.74) is 5.44. The SMILES string of the molecule is CCCCCCCC(=O)N1CCCC[C@@H]1C(=O)NCCCN. The van der Waals surface area contributed by atoms with Crippen LogP contribution in [0.2, 0.25) is 0 Å². The van der Waals surface area contributed by atoms with E-state index in [1.54, 1.807) is 4.90 Å². The van der Waals surface area contributed by atoms with Gasteiger partial charge in [0.25, 0.3) is 0 Å². The minimum atomic E-state index is -0.269. The lowest BCUT2D eigenvalue weighted by molar-refractivity contribution is -0.142. The Balaban J connectivity index is 2.39. The zero-order valence-corrected chi connectivity index (χ0v) is 14.1. The number of carbonyl (C=O) groups excluding carboxylic acids is 2. The van der Waals surface area contributed by atoms with E-state index < -0.39 is 0 Å². The predicted octanol–water partition coefficient (Wildman–Crippen LogP) is 2.19. The predicted molar refractivity (Wildman–Crippen MR) is 89.4 cm³/mol. The van der Waals surface area contributed by atoms with Gasteiger partial charge in [0, 0.05) is 19.5 Å². The molecule has 1 aliphatic heterocycles. The lowest BCUT2D eigenvalue weighted by Crippen LogP contribution is -2.52. The van der Waals surface area contributed by atoms with Gasteiger partial charge in [-0.25, -0.2) is 0 Å². The fourth-order valence-corrected chi connectivity index (χ4v) is 2.96. The maximum absolute atomic E-state index is 12.4. The molecular weight excluding hydrogens is 278 g/mol. The Labute approximate surface area is 135 Å². The van der Waals surface area contributed by atoms with Crippen molar-refractivity contribution in [1.82, 2.24) is 10.2 Å². The van der Waals surface area contributed by atoms with E-state index in [1.165, 1.54) is 19.3 Å². The summed E-state index contributed by atoms with van der Waals surface area (Å²) >= 11 is 0. The van der Waals surface area contributed by atoms with E-state index in [1.807, 2.05) is 0 Å². The molecule has 128 valence electrons. The highest BCUT2D eigenvalue weighted by Crippen LogP contribution is 2.19. The van der Waals surface area contributed by atoms with Crippen LogP contribution in [0.4, 0.5) is 0 Å². The van der Waals surface area contributed by atoms with E-state index in [2.05, 4.69) is 12.2 Å². The molecule has 0 bridgehead atoms. The van der Waals surface area contributed by atoms with Crippen LogP contribution in [0.1, 0.15) is 71.1 Å². The average molecular weight is 311 g/mol. The first-order chi connectivity index (χ1) is 10.7. The van der Waals surface area contributed by atoms with Gasteiger partial charge >= 0.3 is 0 Å². The van der Waals surface area contributed by atoms with Gasteiger partial charge in [0.1, 0.15) is 6.04 Å². The Hall–Kier alpha value is -1.10. The lowest BCUT2D eigenvalue weighted by Gasteiger charge is -2.34. The van der Waals surface area contributed by atoms with Crippen LogP contribution < -0.4 is 11.1 Å². The quantitative estimate of drug-likeness (QED) is 0.607. The number of likely N-dealkylation sites (tertiary alicyclic amines) is 1.